The molecule has 2 atom stereocenters. The van der Waals surface area contributed by atoms with Gasteiger partial charge in [0.1, 0.15) is 0 Å². The topological polar surface area (TPSA) is 87.9 Å². The van der Waals surface area contributed by atoms with Crippen LogP contribution in [0.4, 0.5) is 0 Å². The minimum atomic E-state index is -0.171. The number of amides is 1. The van der Waals surface area contributed by atoms with Gasteiger partial charge in [-0.15, -0.1) is 10.2 Å². The molecule has 1 saturated heterocycles. The number of aromatic nitrogens is 4. The summed E-state index contributed by atoms with van der Waals surface area (Å²) in [4.78, 5) is 14.8. The SMILES string of the molecule is CCc1nnc([C@]23CCC[C@H]2CN(C(=O)c2n[nH]c(C)c2C)C3)o1. The van der Waals surface area contributed by atoms with Gasteiger partial charge in [-0.2, -0.15) is 5.10 Å². The second-order valence-electron chi connectivity index (χ2n) is 7.11. The summed E-state index contributed by atoms with van der Waals surface area (Å²) in [5, 5.41) is 15.6. The van der Waals surface area contributed by atoms with E-state index in [1.807, 2.05) is 25.7 Å². The summed E-state index contributed by atoms with van der Waals surface area (Å²) in [5.41, 5.74) is 2.23. The van der Waals surface area contributed by atoms with Crippen LogP contribution in [0.5, 0.6) is 0 Å². The molecule has 24 heavy (non-hydrogen) atoms. The number of aromatic amines is 1. The van der Waals surface area contributed by atoms with Gasteiger partial charge in [0, 0.05) is 30.8 Å². The second-order valence-corrected chi connectivity index (χ2v) is 7.11. The maximum Gasteiger partial charge on any atom is 0.274 e. The van der Waals surface area contributed by atoms with Crippen LogP contribution >= 0.6 is 0 Å². The monoisotopic (exact) mass is 329 g/mol. The molecule has 2 aromatic rings. The third-order valence-corrected chi connectivity index (χ3v) is 5.81. The van der Waals surface area contributed by atoms with E-state index in [-0.39, 0.29) is 11.3 Å². The molecule has 0 bridgehead atoms. The lowest BCUT2D eigenvalue weighted by atomic mass is 9.80. The molecular weight excluding hydrogens is 306 g/mol. The summed E-state index contributed by atoms with van der Waals surface area (Å²) in [6.45, 7) is 7.27. The fraction of sp³-hybridized carbons (Fsp3) is 0.647. The van der Waals surface area contributed by atoms with Crippen molar-refractivity contribution in [3.05, 3.63) is 28.7 Å². The number of rotatable bonds is 3. The van der Waals surface area contributed by atoms with Gasteiger partial charge in [0.2, 0.25) is 11.8 Å². The summed E-state index contributed by atoms with van der Waals surface area (Å²) >= 11 is 0. The smallest absolute Gasteiger partial charge is 0.274 e. The summed E-state index contributed by atoms with van der Waals surface area (Å²) < 4.78 is 5.90. The molecule has 1 aliphatic heterocycles. The number of hydrogen-bond donors (Lipinski definition) is 1. The summed E-state index contributed by atoms with van der Waals surface area (Å²) in [6, 6.07) is 0. The Morgan fingerprint density at radius 3 is 2.92 bits per heavy atom. The normalized spacial score (nSPS) is 26.1. The number of hydrogen-bond acceptors (Lipinski definition) is 5. The average Bonchev–Trinajstić information content (AvgIpc) is 3.30. The number of carbonyl (C=O) groups excluding carboxylic acids is 1. The highest BCUT2D eigenvalue weighted by Gasteiger charge is 2.55. The quantitative estimate of drug-likeness (QED) is 0.932. The van der Waals surface area contributed by atoms with Gasteiger partial charge in [0.25, 0.3) is 5.91 Å². The van der Waals surface area contributed by atoms with Crippen LogP contribution in [0.2, 0.25) is 0 Å². The summed E-state index contributed by atoms with van der Waals surface area (Å²) in [6.07, 6.45) is 4.00. The zero-order valence-electron chi connectivity index (χ0n) is 14.4. The van der Waals surface area contributed by atoms with Gasteiger partial charge in [0.05, 0.1) is 5.41 Å². The van der Waals surface area contributed by atoms with Crippen molar-refractivity contribution in [1.29, 1.82) is 0 Å². The Balaban J connectivity index is 1.63. The fourth-order valence-corrected chi connectivity index (χ4v) is 4.23. The number of nitrogens with one attached hydrogen (secondary N) is 1. The standard InChI is InChI=1S/C17H23N5O2/c1-4-13-19-21-16(24-13)17-7-5-6-12(17)8-22(9-17)15(23)14-10(2)11(3)18-20-14/h12H,4-9H2,1-3H3,(H,18,20)/t12-,17-/m0/s1. The Bertz CT molecular complexity index is 780. The van der Waals surface area contributed by atoms with Crippen molar-refractivity contribution in [2.24, 2.45) is 5.92 Å². The number of fused-ring (bicyclic) bond motifs is 1. The molecule has 128 valence electrons. The Morgan fingerprint density at radius 1 is 1.42 bits per heavy atom. The molecule has 2 aromatic heterocycles. The molecule has 1 aliphatic carbocycles. The van der Waals surface area contributed by atoms with Gasteiger partial charge in [-0.1, -0.05) is 13.3 Å². The van der Waals surface area contributed by atoms with Crippen molar-refractivity contribution in [2.75, 3.05) is 13.1 Å². The van der Waals surface area contributed by atoms with E-state index >= 15 is 0 Å². The van der Waals surface area contributed by atoms with E-state index < -0.39 is 0 Å². The first-order valence-corrected chi connectivity index (χ1v) is 8.69. The second kappa shape index (κ2) is 5.43. The first kappa shape index (κ1) is 15.4. The third-order valence-electron chi connectivity index (χ3n) is 5.81. The molecule has 0 spiro atoms. The minimum absolute atomic E-state index is 0.000792. The Kier molecular flexibility index (Phi) is 3.47. The Hall–Kier alpha value is -2.18. The summed E-state index contributed by atoms with van der Waals surface area (Å²) in [5.74, 6) is 1.79. The van der Waals surface area contributed by atoms with E-state index in [1.165, 1.54) is 0 Å². The number of H-pyrrole nitrogens is 1. The lowest BCUT2D eigenvalue weighted by molar-refractivity contribution is 0.0769. The van der Waals surface area contributed by atoms with E-state index in [4.69, 9.17) is 4.42 Å². The average molecular weight is 329 g/mol. The first-order chi connectivity index (χ1) is 11.5. The number of nitrogens with zero attached hydrogens (tertiary/aromatic N) is 4. The van der Waals surface area contributed by atoms with Crippen LogP contribution in [0, 0.1) is 19.8 Å². The molecule has 7 heteroatoms. The highest BCUT2D eigenvalue weighted by molar-refractivity contribution is 5.94. The number of aryl methyl sites for hydroxylation is 2. The van der Waals surface area contributed by atoms with Gasteiger partial charge >= 0.3 is 0 Å². The molecule has 4 rings (SSSR count). The van der Waals surface area contributed by atoms with Crippen LogP contribution in [0.25, 0.3) is 0 Å². The van der Waals surface area contributed by atoms with E-state index in [1.54, 1.807) is 0 Å². The van der Waals surface area contributed by atoms with Gasteiger partial charge in [0.15, 0.2) is 5.69 Å². The van der Waals surface area contributed by atoms with Gasteiger partial charge in [-0.05, 0) is 32.6 Å². The summed E-state index contributed by atoms with van der Waals surface area (Å²) in [7, 11) is 0. The maximum absolute atomic E-state index is 12.9. The molecule has 1 saturated carbocycles. The van der Waals surface area contributed by atoms with Crippen molar-refractivity contribution in [1.82, 2.24) is 25.3 Å². The molecule has 0 radical (unpaired) electrons. The van der Waals surface area contributed by atoms with Crippen molar-refractivity contribution < 1.29 is 9.21 Å². The van der Waals surface area contributed by atoms with E-state index in [2.05, 4.69) is 20.4 Å². The highest BCUT2D eigenvalue weighted by Crippen LogP contribution is 2.50. The van der Waals surface area contributed by atoms with Crippen molar-refractivity contribution >= 4 is 5.91 Å². The largest absolute Gasteiger partial charge is 0.425 e. The molecule has 7 nitrogen and oxygen atoms in total. The first-order valence-electron chi connectivity index (χ1n) is 8.69. The molecule has 1 amide bonds. The van der Waals surface area contributed by atoms with Gasteiger partial charge in [-0.25, -0.2) is 0 Å². The van der Waals surface area contributed by atoms with Crippen LogP contribution in [0.3, 0.4) is 0 Å². The predicted molar refractivity (Wildman–Crippen MR) is 86.7 cm³/mol. The zero-order valence-corrected chi connectivity index (χ0v) is 14.4. The van der Waals surface area contributed by atoms with Crippen molar-refractivity contribution in [3.8, 4) is 0 Å². The number of carbonyl (C=O) groups is 1. The molecule has 2 fully saturated rings. The highest BCUT2D eigenvalue weighted by atomic mass is 16.4. The lowest BCUT2D eigenvalue weighted by Crippen LogP contribution is -2.35. The van der Waals surface area contributed by atoms with Crippen LogP contribution in [-0.2, 0) is 11.8 Å². The van der Waals surface area contributed by atoms with Crippen LogP contribution in [-0.4, -0.2) is 44.3 Å². The van der Waals surface area contributed by atoms with Crippen molar-refractivity contribution in [3.63, 3.8) is 0 Å². The van der Waals surface area contributed by atoms with E-state index in [9.17, 15) is 4.79 Å². The Labute approximate surface area is 140 Å². The lowest BCUT2D eigenvalue weighted by Gasteiger charge is -2.24. The molecule has 0 aromatic carbocycles. The minimum Gasteiger partial charge on any atom is -0.425 e. The van der Waals surface area contributed by atoms with Crippen LogP contribution < -0.4 is 0 Å². The Morgan fingerprint density at radius 2 is 2.25 bits per heavy atom. The maximum atomic E-state index is 12.9. The molecule has 3 heterocycles. The van der Waals surface area contributed by atoms with Crippen molar-refractivity contribution in [2.45, 2.75) is 51.9 Å². The molecule has 1 N–H and O–H groups in total. The molecule has 2 aliphatic rings. The van der Waals surface area contributed by atoms with E-state index in [0.29, 0.717) is 29.9 Å². The van der Waals surface area contributed by atoms with Crippen LogP contribution in [0.1, 0.15) is 59.7 Å². The van der Waals surface area contributed by atoms with E-state index in [0.717, 1.165) is 43.5 Å². The third kappa shape index (κ3) is 2.10. The predicted octanol–water partition coefficient (Wildman–Crippen LogP) is 2.17. The van der Waals surface area contributed by atoms with Crippen LogP contribution in [0.15, 0.2) is 4.42 Å². The van der Waals surface area contributed by atoms with Gasteiger partial charge < -0.3 is 9.32 Å². The number of likely N-dealkylation sites (tertiary alicyclic amines) is 1. The molecule has 0 unspecified atom stereocenters. The molecular formula is C17H23N5O2. The zero-order chi connectivity index (χ0) is 16.9. The van der Waals surface area contributed by atoms with Gasteiger partial charge in [-0.3, -0.25) is 9.89 Å². The fourth-order valence-electron chi connectivity index (χ4n) is 4.23.